The number of aromatic carboxylic acids is 1. The molecule has 2 rings (SSSR count). The van der Waals surface area contributed by atoms with Crippen molar-refractivity contribution in [3.63, 3.8) is 0 Å². The van der Waals surface area contributed by atoms with Gasteiger partial charge in [-0.25, -0.2) is 9.18 Å². The lowest BCUT2D eigenvalue weighted by atomic mass is 10.2. The predicted octanol–water partition coefficient (Wildman–Crippen LogP) is 4.62. The van der Waals surface area contributed by atoms with Gasteiger partial charge in [0.1, 0.15) is 17.3 Å². The number of halogens is 3. The van der Waals surface area contributed by atoms with Gasteiger partial charge in [-0.1, -0.05) is 23.2 Å². The summed E-state index contributed by atoms with van der Waals surface area (Å²) in [4.78, 5) is 10.7. The first-order chi connectivity index (χ1) is 8.97. The minimum atomic E-state index is -1.33. The second-order valence-corrected chi connectivity index (χ2v) is 4.44. The molecule has 0 atom stereocenters. The third kappa shape index (κ3) is 3.16. The molecule has 3 nitrogen and oxygen atoms in total. The first kappa shape index (κ1) is 13.6. The maximum atomic E-state index is 13.4. The summed E-state index contributed by atoms with van der Waals surface area (Å²) in [7, 11) is 0. The van der Waals surface area contributed by atoms with Crippen molar-refractivity contribution in [2.24, 2.45) is 0 Å². The third-order valence-electron chi connectivity index (χ3n) is 2.30. The SMILES string of the molecule is O=C(O)c1ccc(Oc2ccc(Cl)c(Cl)c2)cc1F. The van der Waals surface area contributed by atoms with Crippen LogP contribution < -0.4 is 4.74 Å². The molecule has 98 valence electrons. The Bertz CT molecular complexity index is 644. The fourth-order valence-corrected chi connectivity index (χ4v) is 1.70. The molecule has 0 heterocycles. The maximum absolute atomic E-state index is 13.4. The summed E-state index contributed by atoms with van der Waals surface area (Å²) in [6.45, 7) is 0. The highest BCUT2D eigenvalue weighted by Gasteiger charge is 2.11. The first-order valence-electron chi connectivity index (χ1n) is 5.13. The highest BCUT2D eigenvalue weighted by molar-refractivity contribution is 6.42. The molecule has 19 heavy (non-hydrogen) atoms. The predicted molar refractivity (Wildman–Crippen MR) is 69.9 cm³/mol. The molecular formula is C13H7Cl2FO3. The Morgan fingerprint density at radius 1 is 1.05 bits per heavy atom. The van der Waals surface area contributed by atoms with Crippen LogP contribution in [0.1, 0.15) is 10.4 Å². The second-order valence-electron chi connectivity index (χ2n) is 3.62. The van der Waals surface area contributed by atoms with Crippen LogP contribution in [0.3, 0.4) is 0 Å². The number of carboxylic acid groups (broad SMARTS) is 1. The molecule has 6 heteroatoms. The highest BCUT2D eigenvalue weighted by atomic mass is 35.5. The number of ether oxygens (including phenoxy) is 1. The quantitative estimate of drug-likeness (QED) is 0.899. The summed E-state index contributed by atoms with van der Waals surface area (Å²) in [5.41, 5.74) is -0.415. The van der Waals surface area contributed by atoms with E-state index in [1.165, 1.54) is 12.1 Å². The normalized spacial score (nSPS) is 10.3. The lowest BCUT2D eigenvalue weighted by Gasteiger charge is -2.07. The monoisotopic (exact) mass is 300 g/mol. The summed E-state index contributed by atoms with van der Waals surface area (Å²) in [6, 6.07) is 8.07. The zero-order valence-corrected chi connectivity index (χ0v) is 10.9. The molecule has 2 aromatic carbocycles. The lowest BCUT2D eigenvalue weighted by Crippen LogP contribution is -2.00. The molecule has 2 aromatic rings. The van der Waals surface area contributed by atoms with Crippen molar-refractivity contribution in [3.8, 4) is 11.5 Å². The molecule has 0 amide bonds. The first-order valence-corrected chi connectivity index (χ1v) is 5.88. The van der Waals surface area contributed by atoms with Crippen LogP contribution in [-0.4, -0.2) is 11.1 Å². The molecule has 0 unspecified atom stereocenters. The average Bonchev–Trinajstić information content (AvgIpc) is 2.33. The third-order valence-corrected chi connectivity index (χ3v) is 3.04. The van der Waals surface area contributed by atoms with Gasteiger partial charge in [0.25, 0.3) is 0 Å². The van der Waals surface area contributed by atoms with E-state index in [-0.39, 0.29) is 5.75 Å². The highest BCUT2D eigenvalue weighted by Crippen LogP contribution is 2.30. The van der Waals surface area contributed by atoms with Crippen LogP contribution in [0.25, 0.3) is 0 Å². The van der Waals surface area contributed by atoms with Crippen LogP contribution >= 0.6 is 23.2 Å². The van der Waals surface area contributed by atoms with Crippen molar-refractivity contribution in [2.75, 3.05) is 0 Å². The van der Waals surface area contributed by atoms with E-state index < -0.39 is 17.3 Å². The van der Waals surface area contributed by atoms with E-state index in [0.717, 1.165) is 12.1 Å². The van der Waals surface area contributed by atoms with Gasteiger partial charge in [0.2, 0.25) is 0 Å². The van der Waals surface area contributed by atoms with Gasteiger partial charge in [-0.2, -0.15) is 0 Å². The van der Waals surface area contributed by atoms with Crippen LogP contribution in [0.4, 0.5) is 4.39 Å². The van der Waals surface area contributed by atoms with E-state index in [0.29, 0.717) is 15.8 Å². The lowest BCUT2D eigenvalue weighted by molar-refractivity contribution is 0.0692. The molecule has 0 fully saturated rings. The molecule has 0 saturated carbocycles. The molecule has 0 aliphatic carbocycles. The van der Waals surface area contributed by atoms with Gasteiger partial charge in [0, 0.05) is 12.1 Å². The van der Waals surface area contributed by atoms with Gasteiger partial charge >= 0.3 is 5.97 Å². The Morgan fingerprint density at radius 3 is 2.26 bits per heavy atom. The molecule has 0 saturated heterocycles. The number of rotatable bonds is 3. The van der Waals surface area contributed by atoms with Gasteiger partial charge in [-0.05, 0) is 24.3 Å². The number of hydrogen-bond donors (Lipinski definition) is 1. The number of carbonyl (C=O) groups is 1. The fraction of sp³-hybridized carbons (Fsp3) is 0. The minimum Gasteiger partial charge on any atom is -0.478 e. The summed E-state index contributed by atoms with van der Waals surface area (Å²) in [5.74, 6) is -1.67. The largest absolute Gasteiger partial charge is 0.478 e. The topological polar surface area (TPSA) is 46.5 Å². The van der Waals surface area contributed by atoms with E-state index in [1.54, 1.807) is 12.1 Å². The Labute approximate surface area is 118 Å². The van der Waals surface area contributed by atoms with Crippen molar-refractivity contribution < 1.29 is 19.0 Å². The zero-order valence-electron chi connectivity index (χ0n) is 9.36. The van der Waals surface area contributed by atoms with E-state index in [2.05, 4.69) is 0 Å². The van der Waals surface area contributed by atoms with E-state index in [1.807, 2.05) is 0 Å². The summed E-state index contributed by atoms with van der Waals surface area (Å²) in [5, 5.41) is 9.38. The smallest absolute Gasteiger partial charge is 0.338 e. The van der Waals surface area contributed by atoms with Crippen molar-refractivity contribution in [3.05, 3.63) is 57.8 Å². The molecular weight excluding hydrogens is 294 g/mol. The van der Waals surface area contributed by atoms with Gasteiger partial charge in [0.15, 0.2) is 0 Å². The van der Waals surface area contributed by atoms with Gasteiger partial charge in [-0.15, -0.1) is 0 Å². The van der Waals surface area contributed by atoms with Crippen molar-refractivity contribution in [1.82, 2.24) is 0 Å². The molecule has 1 N–H and O–H groups in total. The Kier molecular flexibility index (Phi) is 3.93. The molecule has 0 aromatic heterocycles. The van der Waals surface area contributed by atoms with E-state index in [4.69, 9.17) is 33.0 Å². The van der Waals surface area contributed by atoms with E-state index >= 15 is 0 Å². The van der Waals surface area contributed by atoms with Crippen molar-refractivity contribution >= 4 is 29.2 Å². The number of hydrogen-bond acceptors (Lipinski definition) is 2. The molecule has 0 bridgehead atoms. The second kappa shape index (κ2) is 5.47. The van der Waals surface area contributed by atoms with Gasteiger partial charge in [-0.3, -0.25) is 0 Å². The van der Waals surface area contributed by atoms with Crippen LogP contribution in [-0.2, 0) is 0 Å². The van der Waals surface area contributed by atoms with Crippen molar-refractivity contribution in [2.45, 2.75) is 0 Å². The summed E-state index contributed by atoms with van der Waals surface area (Å²) in [6.07, 6.45) is 0. The molecule has 0 aliphatic heterocycles. The van der Waals surface area contributed by atoms with Crippen LogP contribution in [0.2, 0.25) is 10.0 Å². The van der Waals surface area contributed by atoms with Crippen LogP contribution in [0.5, 0.6) is 11.5 Å². The van der Waals surface area contributed by atoms with Crippen molar-refractivity contribution in [1.29, 1.82) is 0 Å². The minimum absolute atomic E-state index is 0.167. The van der Waals surface area contributed by atoms with Crippen LogP contribution in [0, 0.1) is 5.82 Å². The molecule has 0 spiro atoms. The number of carboxylic acids is 1. The standard InChI is InChI=1S/C13H7Cl2FO3/c14-10-4-2-7(5-11(10)15)19-8-1-3-9(13(17)18)12(16)6-8/h1-6H,(H,17,18). The Balaban J connectivity index is 2.26. The van der Waals surface area contributed by atoms with Gasteiger partial charge < -0.3 is 9.84 Å². The molecule has 0 aliphatic rings. The average molecular weight is 301 g/mol. The van der Waals surface area contributed by atoms with E-state index in [9.17, 15) is 9.18 Å². The Hall–Kier alpha value is -1.78. The van der Waals surface area contributed by atoms with Crippen LogP contribution in [0.15, 0.2) is 36.4 Å². The fourth-order valence-electron chi connectivity index (χ4n) is 1.41. The van der Waals surface area contributed by atoms with Gasteiger partial charge in [0.05, 0.1) is 15.6 Å². The number of benzene rings is 2. The molecule has 0 radical (unpaired) electrons. The Morgan fingerprint density at radius 2 is 1.68 bits per heavy atom. The maximum Gasteiger partial charge on any atom is 0.338 e. The summed E-state index contributed by atoms with van der Waals surface area (Å²) < 4.78 is 18.8. The summed E-state index contributed by atoms with van der Waals surface area (Å²) >= 11 is 11.6. The zero-order chi connectivity index (χ0) is 14.0.